The van der Waals surface area contributed by atoms with Gasteiger partial charge in [0.2, 0.25) is 0 Å². The van der Waals surface area contributed by atoms with Crippen LogP contribution >= 0.6 is 0 Å². The van der Waals surface area contributed by atoms with Gasteiger partial charge in [0.25, 0.3) is 5.69 Å². The van der Waals surface area contributed by atoms with Crippen molar-refractivity contribution in [1.29, 1.82) is 0 Å². The van der Waals surface area contributed by atoms with E-state index in [-0.39, 0.29) is 11.7 Å². The second-order valence-corrected chi connectivity index (χ2v) is 4.25. The molecule has 0 aliphatic rings. The Hall–Kier alpha value is -2.50. The van der Waals surface area contributed by atoms with Gasteiger partial charge in [-0.1, -0.05) is 6.08 Å². The van der Waals surface area contributed by atoms with E-state index in [1.165, 1.54) is 18.5 Å². The summed E-state index contributed by atoms with van der Waals surface area (Å²) in [6.07, 6.45) is 4.03. The first-order chi connectivity index (χ1) is 9.11. The monoisotopic (exact) mass is 258 g/mol. The van der Waals surface area contributed by atoms with Crippen LogP contribution in [0, 0.1) is 10.1 Å². The third kappa shape index (κ3) is 2.85. The predicted octanol–water partition coefficient (Wildman–Crippen LogP) is 2.91. The number of nitro groups is 1. The van der Waals surface area contributed by atoms with Crippen molar-refractivity contribution in [3.8, 4) is 0 Å². The number of anilines is 1. The Morgan fingerprint density at radius 1 is 1.53 bits per heavy atom. The van der Waals surface area contributed by atoms with Crippen molar-refractivity contribution in [2.45, 2.75) is 19.4 Å². The number of benzene rings is 1. The van der Waals surface area contributed by atoms with Crippen LogP contribution in [0.2, 0.25) is 0 Å². The van der Waals surface area contributed by atoms with Crippen LogP contribution in [0.5, 0.6) is 0 Å². The van der Waals surface area contributed by atoms with Gasteiger partial charge in [0, 0.05) is 23.6 Å². The van der Waals surface area contributed by atoms with Gasteiger partial charge in [0.1, 0.15) is 12.1 Å². The SMILES string of the molecule is C=CCC(C)Nc1ncnc2ccc([N+](=O)[O-])cc12. The molecule has 1 atom stereocenters. The van der Waals surface area contributed by atoms with Crippen LogP contribution in [-0.2, 0) is 0 Å². The Morgan fingerprint density at radius 2 is 2.32 bits per heavy atom. The summed E-state index contributed by atoms with van der Waals surface area (Å²) in [5.74, 6) is 0.600. The topological polar surface area (TPSA) is 81.0 Å². The third-order valence-electron chi connectivity index (χ3n) is 2.73. The number of nitro benzene ring substituents is 1. The molecule has 6 nitrogen and oxygen atoms in total. The van der Waals surface area contributed by atoms with Gasteiger partial charge in [-0.15, -0.1) is 6.58 Å². The van der Waals surface area contributed by atoms with Crippen molar-refractivity contribution in [1.82, 2.24) is 9.97 Å². The number of fused-ring (bicyclic) bond motifs is 1. The summed E-state index contributed by atoms with van der Waals surface area (Å²) in [5.41, 5.74) is 0.704. The Balaban J connectivity index is 2.45. The summed E-state index contributed by atoms with van der Waals surface area (Å²) in [4.78, 5) is 18.6. The molecule has 0 aliphatic carbocycles. The minimum absolute atomic E-state index is 0.0294. The van der Waals surface area contributed by atoms with Gasteiger partial charge in [-0.2, -0.15) is 0 Å². The number of rotatable bonds is 5. The van der Waals surface area contributed by atoms with Crippen LogP contribution in [-0.4, -0.2) is 20.9 Å². The first-order valence-corrected chi connectivity index (χ1v) is 5.88. The smallest absolute Gasteiger partial charge is 0.270 e. The highest BCUT2D eigenvalue weighted by Crippen LogP contribution is 2.24. The Morgan fingerprint density at radius 3 is 3.00 bits per heavy atom. The molecule has 0 saturated heterocycles. The van der Waals surface area contributed by atoms with Gasteiger partial charge in [-0.3, -0.25) is 10.1 Å². The van der Waals surface area contributed by atoms with Crippen molar-refractivity contribution in [3.05, 3.63) is 47.3 Å². The molecule has 0 radical (unpaired) electrons. The van der Waals surface area contributed by atoms with Crippen LogP contribution in [0.15, 0.2) is 37.2 Å². The highest BCUT2D eigenvalue weighted by atomic mass is 16.6. The molecule has 2 aromatic rings. The molecule has 0 fully saturated rings. The number of aromatic nitrogens is 2. The second kappa shape index (κ2) is 5.43. The minimum atomic E-state index is -0.427. The first-order valence-electron chi connectivity index (χ1n) is 5.88. The maximum Gasteiger partial charge on any atom is 0.270 e. The lowest BCUT2D eigenvalue weighted by Gasteiger charge is -2.13. The van der Waals surface area contributed by atoms with E-state index in [1.807, 2.05) is 13.0 Å². The van der Waals surface area contributed by atoms with Crippen molar-refractivity contribution in [3.63, 3.8) is 0 Å². The fraction of sp³-hybridized carbons (Fsp3) is 0.231. The number of hydrogen-bond acceptors (Lipinski definition) is 5. The number of nitrogens with zero attached hydrogens (tertiary/aromatic N) is 3. The van der Waals surface area contributed by atoms with Crippen LogP contribution in [0.3, 0.4) is 0 Å². The Bertz CT molecular complexity index is 627. The largest absolute Gasteiger partial charge is 0.367 e. The lowest BCUT2D eigenvalue weighted by atomic mass is 10.2. The van der Waals surface area contributed by atoms with E-state index in [4.69, 9.17) is 0 Å². The summed E-state index contributed by atoms with van der Waals surface area (Å²) in [7, 11) is 0. The molecule has 2 rings (SSSR count). The molecular weight excluding hydrogens is 244 g/mol. The van der Waals surface area contributed by atoms with E-state index in [1.54, 1.807) is 6.07 Å². The zero-order valence-electron chi connectivity index (χ0n) is 10.5. The highest BCUT2D eigenvalue weighted by molar-refractivity contribution is 5.90. The Kier molecular flexibility index (Phi) is 3.70. The van der Waals surface area contributed by atoms with E-state index >= 15 is 0 Å². The Labute approximate surface area is 110 Å². The van der Waals surface area contributed by atoms with Crippen molar-refractivity contribution < 1.29 is 4.92 Å². The van der Waals surface area contributed by atoms with E-state index < -0.39 is 4.92 Å². The maximum atomic E-state index is 10.8. The normalized spacial score (nSPS) is 12.1. The minimum Gasteiger partial charge on any atom is -0.367 e. The average Bonchev–Trinajstić information content (AvgIpc) is 2.38. The molecular formula is C13H14N4O2. The molecule has 98 valence electrons. The average molecular weight is 258 g/mol. The molecule has 1 aromatic carbocycles. The van der Waals surface area contributed by atoms with Crippen LogP contribution in [0.4, 0.5) is 11.5 Å². The molecule has 0 aliphatic heterocycles. The summed E-state index contributed by atoms with van der Waals surface area (Å²) in [6, 6.07) is 4.69. The molecule has 0 saturated carbocycles. The summed E-state index contributed by atoms with van der Waals surface area (Å²) in [6.45, 7) is 5.67. The zero-order chi connectivity index (χ0) is 13.8. The molecule has 1 unspecified atom stereocenters. The summed E-state index contributed by atoms with van der Waals surface area (Å²) >= 11 is 0. The second-order valence-electron chi connectivity index (χ2n) is 4.25. The highest BCUT2D eigenvalue weighted by Gasteiger charge is 2.11. The van der Waals surface area contributed by atoms with Crippen LogP contribution in [0.25, 0.3) is 10.9 Å². The van der Waals surface area contributed by atoms with E-state index in [0.29, 0.717) is 16.7 Å². The molecule has 19 heavy (non-hydrogen) atoms. The fourth-order valence-corrected chi connectivity index (χ4v) is 1.82. The number of nitrogens with one attached hydrogen (secondary N) is 1. The lowest BCUT2D eigenvalue weighted by Crippen LogP contribution is -2.15. The number of non-ortho nitro benzene ring substituents is 1. The van der Waals surface area contributed by atoms with Gasteiger partial charge in [0.15, 0.2) is 0 Å². The van der Waals surface area contributed by atoms with Crippen molar-refractivity contribution in [2.24, 2.45) is 0 Å². The quantitative estimate of drug-likeness (QED) is 0.506. The van der Waals surface area contributed by atoms with Gasteiger partial charge < -0.3 is 5.32 Å². The summed E-state index contributed by atoms with van der Waals surface area (Å²) in [5, 5.41) is 14.7. The molecule has 0 amide bonds. The maximum absolute atomic E-state index is 10.8. The molecule has 0 bridgehead atoms. The third-order valence-corrected chi connectivity index (χ3v) is 2.73. The van der Waals surface area contributed by atoms with Crippen molar-refractivity contribution >= 4 is 22.4 Å². The molecule has 0 spiro atoms. The standard InChI is InChI=1S/C13H14N4O2/c1-3-4-9(2)16-13-11-7-10(17(18)19)5-6-12(11)14-8-15-13/h3,5-9H,1,4H2,2H3,(H,14,15,16). The van der Waals surface area contributed by atoms with Crippen molar-refractivity contribution in [2.75, 3.05) is 5.32 Å². The fourth-order valence-electron chi connectivity index (χ4n) is 1.82. The molecule has 1 heterocycles. The van der Waals surface area contributed by atoms with E-state index in [9.17, 15) is 10.1 Å². The molecule has 1 N–H and O–H groups in total. The van der Waals surface area contributed by atoms with Crippen LogP contribution in [0.1, 0.15) is 13.3 Å². The van der Waals surface area contributed by atoms with Crippen LogP contribution < -0.4 is 5.32 Å². The lowest BCUT2D eigenvalue weighted by molar-refractivity contribution is -0.384. The van der Waals surface area contributed by atoms with Gasteiger partial charge in [0.05, 0.1) is 10.4 Å². The van der Waals surface area contributed by atoms with E-state index in [2.05, 4.69) is 21.9 Å². The predicted molar refractivity (Wildman–Crippen MR) is 74.1 cm³/mol. The van der Waals surface area contributed by atoms with Gasteiger partial charge in [-0.05, 0) is 19.4 Å². The first kappa shape index (κ1) is 12.9. The van der Waals surface area contributed by atoms with Gasteiger partial charge in [-0.25, -0.2) is 9.97 Å². The van der Waals surface area contributed by atoms with E-state index in [0.717, 1.165) is 6.42 Å². The molecule has 1 aromatic heterocycles. The van der Waals surface area contributed by atoms with Gasteiger partial charge >= 0.3 is 0 Å². The number of hydrogen-bond donors (Lipinski definition) is 1. The molecule has 6 heteroatoms. The zero-order valence-corrected chi connectivity index (χ0v) is 10.5. The summed E-state index contributed by atoms with van der Waals surface area (Å²) < 4.78 is 0.